The number of anilines is 1. The minimum absolute atomic E-state index is 0.0966. The molecule has 1 saturated heterocycles. The van der Waals surface area contributed by atoms with Crippen LogP contribution in [-0.4, -0.2) is 57.4 Å². The second-order valence-electron chi connectivity index (χ2n) is 6.75. The normalized spacial score (nSPS) is 20.0. The van der Waals surface area contributed by atoms with Gasteiger partial charge in [0.25, 0.3) is 0 Å². The molecule has 0 aromatic heterocycles. The topological polar surface area (TPSA) is 65.0 Å². The first kappa shape index (κ1) is 19.9. The van der Waals surface area contributed by atoms with Crippen molar-refractivity contribution in [1.29, 1.82) is 0 Å². The number of alkyl halides is 3. The molecule has 0 radical (unpaired) electrons. The van der Waals surface area contributed by atoms with Crippen LogP contribution in [0.1, 0.15) is 18.4 Å². The third-order valence-electron chi connectivity index (χ3n) is 5.11. The fourth-order valence-corrected chi connectivity index (χ4v) is 4.57. The molecule has 1 aromatic carbocycles. The number of nitrogens with one attached hydrogen (secondary N) is 1. The first-order valence-corrected chi connectivity index (χ1v) is 10.3. The Morgan fingerprint density at radius 2 is 1.89 bits per heavy atom. The highest BCUT2D eigenvalue weighted by molar-refractivity contribution is 7.90. The summed E-state index contributed by atoms with van der Waals surface area (Å²) in [6.45, 7) is 1.14. The molecule has 27 heavy (non-hydrogen) atoms. The van der Waals surface area contributed by atoms with Crippen LogP contribution in [-0.2, 0) is 16.4 Å². The van der Waals surface area contributed by atoms with Crippen molar-refractivity contribution in [2.75, 3.05) is 38.1 Å². The Hall–Kier alpha value is -1.81. The summed E-state index contributed by atoms with van der Waals surface area (Å²) < 4.78 is 61.4. The molecule has 0 spiro atoms. The van der Waals surface area contributed by atoms with Crippen LogP contribution in [0, 0.1) is 5.92 Å². The van der Waals surface area contributed by atoms with E-state index in [1.165, 1.54) is 5.56 Å². The highest BCUT2D eigenvalue weighted by atomic mass is 32.2. The number of rotatable bonds is 3. The number of benzene rings is 1. The van der Waals surface area contributed by atoms with Gasteiger partial charge in [0.2, 0.25) is 0 Å². The van der Waals surface area contributed by atoms with Crippen molar-refractivity contribution in [1.82, 2.24) is 9.62 Å². The van der Waals surface area contributed by atoms with Gasteiger partial charge in [-0.15, -0.1) is 0 Å². The Kier molecular flexibility index (Phi) is 5.66. The molecule has 2 aliphatic rings. The average molecular weight is 404 g/mol. The van der Waals surface area contributed by atoms with Gasteiger partial charge < -0.3 is 10.2 Å². The van der Waals surface area contributed by atoms with Crippen LogP contribution in [0.2, 0.25) is 0 Å². The second-order valence-corrected chi connectivity index (χ2v) is 8.68. The molecule has 0 atom stereocenters. The van der Waals surface area contributed by atoms with Gasteiger partial charge >= 0.3 is 15.5 Å². The molecule has 150 valence electrons. The van der Waals surface area contributed by atoms with Gasteiger partial charge in [-0.3, -0.25) is 4.99 Å². The largest absolute Gasteiger partial charge is 0.511 e. The number of nitrogens with zero attached hydrogens (tertiary/aromatic N) is 3. The highest BCUT2D eigenvalue weighted by Crippen LogP contribution is 2.30. The minimum atomic E-state index is -5.23. The molecule has 1 fully saturated rings. The summed E-state index contributed by atoms with van der Waals surface area (Å²) in [4.78, 5) is 6.41. The zero-order valence-electron chi connectivity index (χ0n) is 15.0. The van der Waals surface area contributed by atoms with Crippen molar-refractivity contribution in [3.05, 3.63) is 29.8 Å². The van der Waals surface area contributed by atoms with Gasteiger partial charge in [0.1, 0.15) is 0 Å². The fraction of sp³-hybridized carbons (Fsp3) is 0.588. The van der Waals surface area contributed by atoms with Gasteiger partial charge in [-0.25, -0.2) is 8.42 Å². The number of hydrogen-bond donors (Lipinski definition) is 1. The molecule has 10 heteroatoms. The number of guanidine groups is 1. The van der Waals surface area contributed by atoms with Crippen molar-refractivity contribution < 1.29 is 21.6 Å². The zero-order valence-corrected chi connectivity index (χ0v) is 15.9. The van der Waals surface area contributed by atoms with E-state index in [9.17, 15) is 21.6 Å². The van der Waals surface area contributed by atoms with Crippen molar-refractivity contribution in [3.63, 3.8) is 0 Å². The van der Waals surface area contributed by atoms with Gasteiger partial charge in [0.05, 0.1) is 0 Å². The molecule has 2 heterocycles. The lowest BCUT2D eigenvalue weighted by Crippen LogP contribution is -2.47. The number of halogens is 3. The molecule has 3 rings (SSSR count). The smallest absolute Gasteiger partial charge is 0.356 e. The molecule has 1 aromatic rings. The summed E-state index contributed by atoms with van der Waals surface area (Å²) in [5, 5.41) is 3.29. The molecule has 6 nitrogen and oxygen atoms in total. The maximum Gasteiger partial charge on any atom is 0.511 e. The van der Waals surface area contributed by atoms with E-state index in [1.807, 2.05) is 18.2 Å². The molecule has 0 amide bonds. The number of aliphatic imine (C=N–C) groups is 1. The second kappa shape index (κ2) is 7.67. The van der Waals surface area contributed by atoms with Crippen LogP contribution in [0.15, 0.2) is 29.3 Å². The molecule has 0 aliphatic carbocycles. The predicted molar refractivity (Wildman–Crippen MR) is 98.1 cm³/mol. The van der Waals surface area contributed by atoms with E-state index in [-0.39, 0.29) is 19.0 Å². The Morgan fingerprint density at radius 3 is 2.52 bits per heavy atom. The Morgan fingerprint density at radius 1 is 1.22 bits per heavy atom. The van der Waals surface area contributed by atoms with Crippen molar-refractivity contribution in [2.24, 2.45) is 10.9 Å². The van der Waals surface area contributed by atoms with Crippen molar-refractivity contribution >= 4 is 21.7 Å². The summed E-state index contributed by atoms with van der Waals surface area (Å²) in [7, 11) is -3.53. The van der Waals surface area contributed by atoms with Gasteiger partial charge in [0, 0.05) is 38.9 Å². The van der Waals surface area contributed by atoms with E-state index in [0.29, 0.717) is 23.7 Å². The predicted octanol–water partition coefficient (Wildman–Crippen LogP) is 2.19. The summed E-state index contributed by atoms with van der Waals surface area (Å²) in [5.74, 6) is 0.824. The van der Waals surface area contributed by atoms with E-state index in [0.717, 1.165) is 24.6 Å². The summed E-state index contributed by atoms with van der Waals surface area (Å²) in [6, 6.07) is 8.09. The van der Waals surface area contributed by atoms with Crippen molar-refractivity contribution in [3.8, 4) is 0 Å². The summed E-state index contributed by atoms with van der Waals surface area (Å²) >= 11 is 0. The van der Waals surface area contributed by atoms with E-state index >= 15 is 0 Å². The zero-order chi connectivity index (χ0) is 19.7. The number of hydrogen-bond acceptors (Lipinski definition) is 3. The van der Waals surface area contributed by atoms with Crippen LogP contribution < -0.4 is 10.2 Å². The first-order valence-electron chi connectivity index (χ1n) is 8.86. The third-order valence-corrected chi connectivity index (χ3v) is 6.74. The molecule has 2 aliphatic heterocycles. The lowest BCUT2D eigenvalue weighted by atomic mass is 9.98. The van der Waals surface area contributed by atoms with Gasteiger partial charge in [0.15, 0.2) is 5.96 Å². The Balaban J connectivity index is 1.54. The number of sulfonamides is 1. The van der Waals surface area contributed by atoms with Crippen LogP contribution >= 0.6 is 0 Å². The van der Waals surface area contributed by atoms with Crippen molar-refractivity contribution in [2.45, 2.75) is 24.8 Å². The maximum absolute atomic E-state index is 12.6. The van der Waals surface area contributed by atoms with Gasteiger partial charge in [-0.05, 0) is 36.8 Å². The standard InChI is InChI=1S/C17H23F3N4O2S/c1-21-16(24-11-8-14-4-2-3-5-15(14)24)22-12-13-6-9-23(10-7-13)27(25,26)17(18,19)20/h2-5,13H,6-12H2,1H3,(H,21,22). The molecule has 0 saturated carbocycles. The van der Waals surface area contributed by atoms with E-state index in [2.05, 4.69) is 21.3 Å². The SMILES string of the molecule is CN=C(NCC1CCN(S(=O)(=O)C(F)(F)F)CC1)N1CCc2ccccc21. The van der Waals surface area contributed by atoms with E-state index in [4.69, 9.17) is 0 Å². The Bertz CT molecular complexity index is 803. The maximum atomic E-state index is 12.6. The van der Waals surface area contributed by atoms with Gasteiger partial charge in [-0.1, -0.05) is 18.2 Å². The fourth-order valence-electron chi connectivity index (χ4n) is 3.59. The van der Waals surface area contributed by atoms with Gasteiger partial charge in [-0.2, -0.15) is 17.5 Å². The van der Waals surface area contributed by atoms with Crippen LogP contribution in [0.4, 0.5) is 18.9 Å². The summed E-state index contributed by atoms with van der Waals surface area (Å²) in [5.41, 5.74) is -2.87. The number of para-hydroxylation sites is 1. The average Bonchev–Trinajstić information content (AvgIpc) is 3.06. The van der Waals surface area contributed by atoms with E-state index in [1.54, 1.807) is 7.05 Å². The Labute approximate surface area is 157 Å². The molecular formula is C17H23F3N4O2S. The number of piperidine rings is 1. The van der Waals surface area contributed by atoms with E-state index < -0.39 is 15.5 Å². The quantitative estimate of drug-likeness (QED) is 0.620. The van der Waals surface area contributed by atoms with Crippen LogP contribution in [0.3, 0.4) is 0 Å². The molecule has 0 unspecified atom stereocenters. The first-order chi connectivity index (χ1) is 12.7. The summed E-state index contributed by atoms with van der Waals surface area (Å²) in [6.07, 6.45) is 1.70. The van der Waals surface area contributed by atoms with Crippen LogP contribution in [0.5, 0.6) is 0 Å². The lowest BCUT2D eigenvalue weighted by Gasteiger charge is -2.32. The number of fused-ring (bicyclic) bond motifs is 1. The minimum Gasteiger partial charge on any atom is -0.356 e. The molecule has 1 N–H and O–H groups in total. The molecule has 0 bridgehead atoms. The molecular weight excluding hydrogens is 381 g/mol. The lowest BCUT2D eigenvalue weighted by molar-refractivity contribution is -0.0496. The van der Waals surface area contributed by atoms with Crippen LogP contribution in [0.25, 0.3) is 0 Å². The highest BCUT2D eigenvalue weighted by Gasteiger charge is 2.50. The third kappa shape index (κ3) is 4.06. The monoisotopic (exact) mass is 404 g/mol.